The van der Waals surface area contributed by atoms with Gasteiger partial charge in [0, 0.05) is 19.3 Å². The van der Waals surface area contributed by atoms with Gasteiger partial charge in [0.05, 0.1) is 12.2 Å². The fraction of sp³-hybridized carbons (Fsp3) is 0.647. The van der Waals surface area contributed by atoms with Crippen LogP contribution in [0.2, 0.25) is 0 Å². The number of hydrogen-bond donors (Lipinski definition) is 1. The molecule has 2 fully saturated rings. The van der Waals surface area contributed by atoms with Gasteiger partial charge in [0.15, 0.2) is 5.79 Å². The minimum absolute atomic E-state index is 0.0458. The Morgan fingerprint density at radius 2 is 1.85 bits per heavy atom. The molecule has 1 heterocycles. The summed E-state index contributed by atoms with van der Waals surface area (Å²) >= 11 is 0. The fourth-order valence-electron chi connectivity index (χ4n) is 3.43. The highest BCUT2D eigenvalue weighted by Gasteiger charge is 2.49. The van der Waals surface area contributed by atoms with E-state index < -0.39 is 11.9 Å². The van der Waals surface area contributed by atoms with Gasteiger partial charge in [-0.25, -0.2) is 0 Å². The van der Waals surface area contributed by atoms with E-state index in [1.165, 1.54) is 12.0 Å². The second-order valence-electron chi connectivity index (χ2n) is 6.14. The van der Waals surface area contributed by atoms with E-state index in [1.807, 2.05) is 18.2 Å². The molecule has 1 aromatic rings. The van der Waals surface area contributed by atoms with Gasteiger partial charge in [0.1, 0.15) is 6.10 Å². The summed E-state index contributed by atoms with van der Waals surface area (Å²) in [6.07, 6.45) is 5.54. The van der Waals surface area contributed by atoms with E-state index in [1.54, 1.807) is 6.92 Å². The smallest absolute Gasteiger partial charge is 0.169 e. The zero-order valence-corrected chi connectivity index (χ0v) is 12.1. The molecule has 3 rings (SSSR count). The zero-order chi connectivity index (χ0) is 14.0. The van der Waals surface area contributed by atoms with Crippen LogP contribution in [0.5, 0.6) is 0 Å². The number of hydrogen-bond acceptors (Lipinski definition) is 3. The van der Waals surface area contributed by atoms with Crippen molar-refractivity contribution in [2.45, 2.75) is 69.5 Å². The lowest BCUT2D eigenvalue weighted by Crippen LogP contribution is -2.35. The Morgan fingerprint density at radius 3 is 2.50 bits per heavy atom. The lowest BCUT2D eigenvalue weighted by molar-refractivity contribution is -0.199. The molecule has 0 radical (unpaired) electrons. The van der Waals surface area contributed by atoms with E-state index in [0.29, 0.717) is 0 Å². The average Bonchev–Trinajstić information content (AvgIpc) is 2.79. The highest BCUT2D eigenvalue weighted by atomic mass is 16.8. The Bertz CT molecular complexity index is 423. The Labute approximate surface area is 120 Å². The Morgan fingerprint density at radius 1 is 1.15 bits per heavy atom. The van der Waals surface area contributed by atoms with Crippen molar-refractivity contribution < 1.29 is 14.6 Å². The Kier molecular flexibility index (Phi) is 4.11. The molecule has 1 N–H and O–H groups in total. The van der Waals surface area contributed by atoms with Crippen LogP contribution in [0.3, 0.4) is 0 Å². The van der Waals surface area contributed by atoms with E-state index in [2.05, 4.69) is 12.1 Å². The van der Waals surface area contributed by atoms with Crippen molar-refractivity contribution in [1.82, 2.24) is 0 Å². The minimum atomic E-state index is -0.495. The summed E-state index contributed by atoms with van der Waals surface area (Å²) in [6, 6.07) is 10.3. The third-order valence-corrected chi connectivity index (χ3v) is 4.45. The molecular weight excluding hydrogens is 252 g/mol. The molecule has 0 amide bonds. The lowest BCUT2D eigenvalue weighted by Gasteiger charge is -2.32. The molecule has 3 atom stereocenters. The topological polar surface area (TPSA) is 38.7 Å². The van der Waals surface area contributed by atoms with Gasteiger partial charge >= 0.3 is 0 Å². The SMILES string of the molecule is CC(O)[C@H]1OC2(CCCCC2)O[C@@H]1Cc1ccccc1. The van der Waals surface area contributed by atoms with Crippen molar-refractivity contribution in [2.24, 2.45) is 0 Å². The summed E-state index contributed by atoms with van der Waals surface area (Å²) in [5.41, 5.74) is 1.24. The Balaban J connectivity index is 1.74. The quantitative estimate of drug-likeness (QED) is 0.922. The van der Waals surface area contributed by atoms with E-state index in [9.17, 15) is 5.11 Å². The van der Waals surface area contributed by atoms with Crippen molar-refractivity contribution in [3.8, 4) is 0 Å². The highest BCUT2D eigenvalue weighted by molar-refractivity contribution is 5.16. The predicted molar refractivity (Wildman–Crippen MR) is 77.4 cm³/mol. The van der Waals surface area contributed by atoms with Crippen molar-refractivity contribution >= 4 is 0 Å². The summed E-state index contributed by atoms with van der Waals surface area (Å²) < 4.78 is 12.4. The van der Waals surface area contributed by atoms with Crippen LogP contribution in [0, 0.1) is 0 Å². The molecule has 2 aliphatic rings. The summed E-state index contributed by atoms with van der Waals surface area (Å²) in [4.78, 5) is 0. The van der Waals surface area contributed by atoms with E-state index in [4.69, 9.17) is 9.47 Å². The van der Waals surface area contributed by atoms with Crippen molar-refractivity contribution in [3.63, 3.8) is 0 Å². The molecule has 1 aromatic carbocycles. The summed E-state index contributed by atoms with van der Waals surface area (Å²) in [6.45, 7) is 1.80. The van der Waals surface area contributed by atoms with E-state index in [-0.39, 0.29) is 12.2 Å². The van der Waals surface area contributed by atoms with Gasteiger partial charge < -0.3 is 14.6 Å². The van der Waals surface area contributed by atoms with E-state index in [0.717, 1.165) is 32.1 Å². The van der Waals surface area contributed by atoms with Crippen LogP contribution in [0.15, 0.2) is 30.3 Å². The standard InChI is InChI=1S/C17H24O3/c1-13(18)16-15(12-14-8-4-2-5-9-14)19-17(20-16)10-6-3-7-11-17/h2,4-5,8-9,13,15-16,18H,3,6-7,10-12H2,1H3/t13?,15-,16-/m1/s1. The van der Waals surface area contributed by atoms with Gasteiger partial charge in [-0.05, 0) is 25.3 Å². The van der Waals surface area contributed by atoms with Crippen molar-refractivity contribution in [2.75, 3.05) is 0 Å². The van der Waals surface area contributed by atoms with Crippen molar-refractivity contribution in [3.05, 3.63) is 35.9 Å². The first-order valence-corrected chi connectivity index (χ1v) is 7.76. The number of rotatable bonds is 3. The third kappa shape index (κ3) is 2.90. The fourth-order valence-corrected chi connectivity index (χ4v) is 3.43. The van der Waals surface area contributed by atoms with E-state index >= 15 is 0 Å². The first-order chi connectivity index (χ1) is 9.69. The maximum absolute atomic E-state index is 10.0. The normalized spacial score (nSPS) is 30.5. The zero-order valence-electron chi connectivity index (χ0n) is 12.1. The number of aliphatic hydroxyl groups excluding tert-OH is 1. The van der Waals surface area contributed by atoms with Crippen LogP contribution in [0.4, 0.5) is 0 Å². The number of benzene rings is 1. The maximum atomic E-state index is 10.0. The summed E-state index contributed by atoms with van der Waals surface area (Å²) in [7, 11) is 0. The van der Waals surface area contributed by atoms with Gasteiger partial charge in [-0.3, -0.25) is 0 Å². The van der Waals surface area contributed by atoms with Crippen molar-refractivity contribution in [1.29, 1.82) is 0 Å². The second-order valence-corrected chi connectivity index (χ2v) is 6.14. The van der Waals surface area contributed by atoms with Crippen LogP contribution < -0.4 is 0 Å². The lowest BCUT2D eigenvalue weighted by atomic mass is 9.94. The van der Waals surface area contributed by atoms with Crippen LogP contribution in [0.1, 0.15) is 44.6 Å². The average molecular weight is 276 g/mol. The first kappa shape index (κ1) is 14.1. The van der Waals surface area contributed by atoms with Gasteiger partial charge in [0.25, 0.3) is 0 Å². The van der Waals surface area contributed by atoms with Crippen LogP contribution in [0.25, 0.3) is 0 Å². The maximum Gasteiger partial charge on any atom is 0.169 e. The molecule has 0 aromatic heterocycles. The monoisotopic (exact) mass is 276 g/mol. The third-order valence-electron chi connectivity index (χ3n) is 4.45. The molecule has 1 saturated heterocycles. The number of aliphatic hydroxyl groups is 1. The highest BCUT2D eigenvalue weighted by Crippen LogP contribution is 2.42. The van der Waals surface area contributed by atoms with Gasteiger partial charge in [0.2, 0.25) is 0 Å². The van der Waals surface area contributed by atoms with Crippen LogP contribution in [-0.2, 0) is 15.9 Å². The molecule has 1 saturated carbocycles. The molecule has 1 spiro atoms. The minimum Gasteiger partial charge on any atom is -0.391 e. The Hall–Kier alpha value is -0.900. The molecular formula is C17H24O3. The predicted octanol–water partition coefficient (Wildman–Crippen LogP) is 3.05. The molecule has 1 unspecified atom stereocenters. The van der Waals surface area contributed by atoms with Gasteiger partial charge in [-0.15, -0.1) is 0 Å². The molecule has 3 nitrogen and oxygen atoms in total. The van der Waals surface area contributed by atoms with Gasteiger partial charge in [-0.2, -0.15) is 0 Å². The molecule has 20 heavy (non-hydrogen) atoms. The molecule has 110 valence electrons. The molecule has 1 aliphatic carbocycles. The molecule has 0 bridgehead atoms. The first-order valence-electron chi connectivity index (χ1n) is 7.76. The second kappa shape index (κ2) is 5.84. The summed E-state index contributed by atoms with van der Waals surface area (Å²) in [5.74, 6) is -0.431. The molecule has 3 heteroatoms. The molecule has 1 aliphatic heterocycles. The van der Waals surface area contributed by atoms with Gasteiger partial charge in [-0.1, -0.05) is 36.8 Å². The summed E-state index contributed by atoms with van der Waals surface area (Å²) in [5, 5.41) is 10.0. The van der Waals surface area contributed by atoms with Crippen LogP contribution >= 0.6 is 0 Å². The largest absolute Gasteiger partial charge is 0.391 e. The number of ether oxygens (including phenoxy) is 2. The van der Waals surface area contributed by atoms with Crippen LogP contribution in [-0.4, -0.2) is 29.2 Å².